The molecule has 2 rings (SSSR count). The number of furan rings is 1. The first-order valence-electron chi connectivity index (χ1n) is 5.65. The van der Waals surface area contributed by atoms with E-state index < -0.39 is 0 Å². The van der Waals surface area contributed by atoms with E-state index in [-0.39, 0.29) is 5.54 Å². The van der Waals surface area contributed by atoms with Crippen molar-refractivity contribution >= 4 is 0 Å². The van der Waals surface area contributed by atoms with Gasteiger partial charge in [-0.1, -0.05) is 5.16 Å². The maximum absolute atomic E-state index is 5.16. The van der Waals surface area contributed by atoms with Crippen molar-refractivity contribution in [3.8, 4) is 11.4 Å². The molecule has 5 heteroatoms. The average molecular weight is 235 g/mol. The van der Waals surface area contributed by atoms with E-state index in [2.05, 4.69) is 36.2 Å². The Morgan fingerprint density at radius 3 is 2.82 bits per heavy atom. The van der Waals surface area contributed by atoms with Crippen molar-refractivity contribution in [3.05, 3.63) is 24.5 Å². The van der Waals surface area contributed by atoms with E-state index in [0.717, 1.165) is 18.5 Å². The average Bonchev–Trinajstić information content (AvgIpc) is 2.83. The van der Waals surface area contributed by atoms with Crippen LogP contribution < -0.4 is 5.32 Å². The highest BCUT2D eigenvalue weighted by atomic mass is 16.5. The zero-order valence-electron chi connectivity index (χ0n) is 10.4. The second-order valence-electron chi connectivity index (χ2n) is 4.95. The van der Waals surface area contributed by atoms with Gasteiger partial charge in [0.05, 0.1) is 11.8 Å². The molecule has 0 fully saturated rings. The molecule has 2 heterocycles. The molecule has 1 N–H and O–H groups in total. The van der Waals surface area contributed by atoms with Gasteiger partial charge in [-0.2, -0.15) is 4.98 Å². The molecule has 0 atom stereocenters. The molecule has 2 aromatic rings. The van der Waals surface area contributed by atoms with E-state index in [1.54, 1.807) is 12.5 Å². The molecule has 5 nitrogen and oxygen atoms in total. The maximum Gasteiger partial charge on any atom is 0.228 e. The van der Waals surface area contributed by atoms with Gasteiger partial charge in [-0.3, -0.25) is 0 Å². The summed E-state index contributed by atoms with van der Waals surface area (Å²) in [5.41, 5.74) is 0.941. The zero-order chi connectivity index (χ0) is 12.3. The van der Waals surface area contributed by atoms with E-state index in [1.165, 1.54) is 0 Å². The largest absolute Gasteiger partial charge is 0.472 e. The highest BCUT2D eigenvalue weighted by Crippen LogP contribution is 2.15. The molecule has 0 saturated carbocycles. The van der Waals surface area contributed by atoms with Crippen LogP contribution in [0.25, 0.3) is 11.4 Å². The van der Waals surface area contributed by atoms with Gasteiger partial charge in [0, 0.05) is 18.5 Å². The fraction of sp³-hybridized carbons (Fsp3) is 0.500. The van der Waals surface area contributed by atoms with Crippen molar-refractivity contribution in [1.82, 2.24) is 15.5 Å². The molecule has 0 spiro atoms. The second-order valence-corrected chi connectivity index (χ2v) is 4.95. The lowest BCUT2D eigenvalue weighted by molar-refractivity contribution is 0.362. The first kappa shape index (κ1) is 11.9. The van der Waals surface area contributed by atoms with Crippen molar-refractivity contribution in [2.24, 2.45) is 0 Å². The van der Waals surface area contributed by atoms with Crippen LogP contribution in [0.5, 0.6) is 0 Å². The summed E-state index contributed by atoms with van der Waals surface area (Å²) in [5, 5.41) is 7.27. The van der Waals surface area contributed by atoms with E-state index in [1.807, 2.05) is 6.07 Å². The van der Waals surface area contributed by atoms with Gasteiger partial charge in [-0.05, 0) is 26.8 Å². The van der Waals surface area contributed by atoms with Crippen LogP contribution >= 0.6 is 0 Å². The molecular formula is C12H17N3O2. The van der Waals surface area contributed by atoms with Gasteiger partial charge in [-0.25, -0.2) is 0 Å². The van der Waals surface area contributed by atoms with Crippen molar-refractivity contribution in [1.29, 1.82) is 0 Å². The normalized spacial score (nSPS) is 11.9. The van der Waals surface area contributed by atoms with Crippen LogP contribution in [0.1, 0.15) is 26.7 Å². The van der Waals surface area contributed by atoms with Crippen molar-refractivity contribution in [2.45, 2.75) is 32.7 Å². The summed E-state index contributed by atoms with van der Waals surface area (Å²) in [6.07, 6.45) is 3.91. The van der Waals surface area contributed by atoms with Crippen LogP contribution in [-0.4, -0.2) is 22.2 Å². The summed E-state index contributed by atoms with van der Waals surface area (Å²) >= 11 is 0. The van der Waals surface area contributed by atoms with Gasteiger partial charge in [0.15, 0.2) is 0 Å². The molecule has 2 aromatic heterocycles. The van der Waals surface area contributed by atoms with Crippen molar-refractivity contribution in [3.63, 3.8) is 0 Å². The van der Waals surface area contributed by atoms with Gasteiger partial charge < -0.3 is 14.3 Å². The van der Waals surface area contributed by atoms with Crippen LogP contribution in [0.4, 0.5) is 0 Å². The lowest BCUT2D eigenvalue weighted by Gasteiger charge is -2.19. The summed E-state index contributed by atoms with van der Waals surface area (Å²) < 4.78 is 10.1. The summed E-state index contributed by atoms with van der Waals surface area (Å²) in [4.78, 5) is 4.29. The highest BCUT2D eigenvalue weighted by Gasteiger charge is 2.11. The first-order chi connectivity index (χ1) is 8.04. The minimum absolute atomic E-state index is 0.105. The van der Waals surface area contributed by atoms with Crippen LogP contribution in [0, 0.1) is 0 Å². The Hall–Kier alpha value is -1.62. The molecule has 0 aliphatic rings. The molecule has 0 radical (unpaired) electrons. The number of rotatable bonds is 4. The van der Waals surface area contributed by atoms with Gasteiger partial charge in [0.1, 0.15) is 6.26 Å². The molecule has 0 unspecified atom stereocenters. The molecule has 92 valence electrons. The molecule has 0 bridgehead atoms. The third-order valence-electron chi connectivity index (χ3n) is 2.24. The molecule has 17 heavy (non-hydrogen) atoms. The van der Waals surface area contributed by atoms with Gasteiger partial charge in [0.2, 0.25) is 11.7 Å². The third-order valence-corrected chi connectivity index (χ3v) is 2.24. The predicted molar refractivity (Wildman–Crippen MR) is 63.5 cm³/mol. The molecule has 0 aromatic carbocycles. The fourth-order valence-corrected chi connectivity index (χ4v) is 1.41. The molecule has 0 amide bonds. The standard InChI is InChI=1S/C12H17N3O2/c1-12(2,3)13-6-4-10-14-11(15-17-10)9-5-7-16-8-9/h5,7-8,13H,4,6H2,1-3H3. The van der Waals surface area contributed by atoms with Crippen LogP contribution in [0.2, 0.25) is 0 Å². The number of aromatic nitrogens is 2. The summed E-state index contributed by atoms with van der Waals surface area (Å²) in [6, 6.07) is 1.81. The lowest BCUT2D eigenvalue weighted by atomic mass is 10.1. The van der Waals surface area contributed by atoms with Gasteiger partial charge in [0.25, 0.3) is 0 Å². The number of nitrogens with one attached hydrogen (secondary N) is 1. The van der Waals surface area contributed by atoms with Crippen LogP contribution in [0.15, 0.2) is 27.5 Å². The topological polar surface area (TPSA) is 64.1 Å². The number of hydrogen-bond donors (Lipinski definition) is 1. The minimum Gasteiger partial charge on any atom is -0.472 e. The van der Waals surface area contributed by atoms with E-state index in [4.69, 9.17) is 8.94 Å². The van der Waals surface area contributed by atoms with E-state index >= 15 is 0 Å². The number of nitrogens with zero attached hydrogens (tertiary/aromatic N) is 2. The van der Waals surface area contributed by atoms with Gasteiger partial charge in [-0.15, -0.1) is 0 Å². The summed E-state index contributed by atoms with van der Waals surface area (Å²) in [7, 11) is 0. The quantitative estimate of drug-likeness (QED) is 0.880. The van der Waals surface area contributed by atoms with E-state index in [9.17, 15) is 0 Å². The summed E-state index contributed by atoms with van der Waals surface area (Å²) in [5.74, 6) is 1.21. The third kappa shape index (κ3) is 3.42. The Balaban J connectivity index is 1.91. The van der Waals surface area contributed by atoms with Crippen LogP contribution in [-0.2, 0) is 6.42 Å². The zero-order valence-corrected chi connectivity index (χ0v) is 10.4. The lowest BCUT2D eigenvalue weighted by Crippen LogP contribution is -2.37. The second kappa shape index (κ2) is 4.71. The Morgan fingerprint density at radius 1 is 1.35 bits per heavy atom. The highest BCUT2D eigenvalue weighted by molar-refractivity contribution is 5.51. The smallest absolute Gasteiger partial charge is 0.228 e. The fourth-order valence-electron chi connectivity index (χ4n) is 1.41. The van der Waals surface area contributed by atoms with Crippen molar-refractivity contribution < 1.29 is 8.94 Å². The Kier molecular flexibility index (Phi) is 3.28. The van der Waals surface area contributed by atoms with Crippen LogP contribution in [0.3, 0.4) is 0 Å². The Bertz CT molecular complexity index is 454. The predicted octanol–water partition coefficient (Wildman–Crippen LogP) is 2.26. The monoisotopic (exact) mass is 235 g/mol. The number of hydrogen-bond acceptors (Lipinski definition) is 5. The Morgan fingerprint density at radius 2 is 2.18 bits per heavy atom. The summed E-state index contributed by atoms with van der Waals surface area (Å²) in [6.45, 7) is 7.18. The van der Waals surface area contributed by atoms with Crippen molar-refractivity contribution in [2.75, 3.05) is 6.54 Å². The van der Waals surface area contributed by atoms with Gasteiger partial charge >= 0.3 is 0 Å². The molecule has 0 saturated heterocycles. The molecular weight excluding hydrogens is 218 g/mol. The minimum atomic E-state index is 0.105. The maximum atomic E-state index is 5.16. The van der Waals surface area contributed by atoms with E-state index in [0.29, 0.717) is 11.7 Å². The first-order valence-corrected chi connectivity index (χ1v) is 5.65. The molecule has 0 aliphatic heterocycles. The Labute approximate surface area is 100 Å². The molecule has 0 aliphatic carbocycles. The SMILES string of the molecule is CC(C)(C)NCCc1nc(-c2ccoc2)no1.